The fourth-order valence-electron chi connectivity index (χ4n) is 2.85. The molecule has 2 aromatic rings. The number of aryl methyl sites for hydroxylation is 2. The average molecular weight is 349 g/mol. The van der Waals surface area contributed by atoms with E-state index in [4.69, 9.17) is 4.74 Å². The Bertz CT molecular complexity index is 762. The molecule has 1 aliphatic heterocycles. The van der Waals surface area contributed by atoms with Crippen LogP contribution in [0.1, 0.15) is 33.3 Å². The Morgan fingerprint density at radius 3 is 2.96 bits per heavy atom. The molecule has 1 saturated heterocycles. The van der Waals surface area contributed by atoms with Crippen LogP contribution in [0.15, 0.2) is 18.2 Å². The molecule has 24 heavy (non-hydrogen) atoms. The molecule has 1 N–H and O–H groups in total. The normalized spacial score (nSPS) is 17.8. The van der Waals surface area contributed by atoms with Crippen LogP contribution in [0.3, 0.4) is 0 Å². The molecule has 3 rings (SSSR count). The number of nitrogens with zero attached hydrogens (tertiary/aromatic N) is 2. The zero-order chi connectivity index (χ0) is 17.3. The first-order valence-corrected chi connectivity index (χ1v) is 8.59. The molecule has 2 heterocycles. The Morgan fingerprint density at radius 2 is 2.25 bits per heavy atom. The average Bonchev–Trinajstić information content (AvgIpc) is 2.97. The number of carbonyl (C=O) groups is 1. The second-order valence-corrected chi connectivity index (χ2v) is 6.61. The fourth-order valence-corrected chi connectivity index (χ4v) is 3.59. The molecular formula is C17H20FN3O2S. The molecule has 0 spiro atoms. The summed E-state index contributed by atoms with van der Waals surface area (Å²) in [7, 11) is 1.78. The molecule has 0 bridgehead atoms. The van der Waals surface area contributed by atoms with Crippen LogP contribution in [0.2, 0.25) is 0 Å². The zero-order valence-electron chi connectivity index (χ0n) is 13.9. The number of amides is 1. The van der Waals surface area contributed by atoms with Gasteiger partial charge >= 0.3 is 0 Å². The maximum Gasteiger partial charge on any atom is 0.258 e. The van der Waals surface area contributed by atoms with Gasteiger partial charge in [-0.2, -0.15) is 4.37 Å². The molecule has 1 aliphatic rings. The summed E-state index contributed by atoms with van der Waals surface area (Å²) in [6.45, 7) is 5.00. The molecule has 1 aromatic heterocycles. The van der Waals surface area contributed by atoms with Crippen molar-refractivity contribution in [1.82, 2.24) is 9.27 Å². The van der Waals surface area contributed by atoms with E-state index in [1.165, 1.54) is 17.6 Å². The van der Waals surface area contributed by atoms with Crippen molar-refractivity contribution in [3.05, 3.63) is 46.4 Å². The topological polar surface area (TPSA) is 54.5 Å². The van der Waals surface area contributed by atoms with Crippen LogP contribution in [-0.2, 0) is 4.74 Å². The smallest absolute Gasteiger partial charge is 0.258 e. The summed E-state index contributed by atoms with van der Waals surface area (Å²) < 4.78 is 23.5. The van der Waals surface area contributed by atoms with Gasteiger partial charge in [0.15, 0.2) is 0 Å². The van der Waals surface area contributed by atoms with Crippen molar-refractivity contribution in [3.63, 3.8) is 0 Å². The summed E-state index contributed by atoms with van der Waals surface area (Å²) in [4.78, 5) is 14.7. The van der Waals surface area contributed by atoms with E-state index in [2.05, 4.69) is 9.69 Å². The number of ether oxygens (including phenoxy) is 1. The van der Waals surface area contributed by atoms with Gasteiger partial charge in [-0.05, 0) is 42.6 Å². The first-order chi connectivity index (χ1) is 11.5. The van der Waals surface area contributed by atoms with Crippen LogP contribution in [0.4, 0.5) is 9.39 Å². The monoisotopic (exact) mass is 349 g/mol. The maximum absolute atomic E-state index is 13.5. The quantitative estimate of drug-likeness (QED) is 0.925. The summed E-state index contributed by atoms with van der Waals surface area (Å²) in [6.07, 6.45) is -0.244. The number of benzene rings is 1. The number of halogens is 1. The first kappa shape index (κ1) is 16.9. The lowest BCUT2D eigenvalue weighted by atomic mass is 10.0. The molecule has 5 nitrogen and oxygen atoms in total. The van der Waals surface area contributed by atoms with E-state index < -0.39 is 0 Å². The molecule has 1 aromatic carbocycles. The highest BCUT2D eigenvalue weighted by molar-refractivity contribution is 7.10. The number of carbonyl (C=O) groups excluding carboxylic acids is 1. The summed E-state index contributed by atoms with van der Waals surface area (Å²) in [5, 5.41) is 3.80. The van der Waals surface area contributed by atoms with E-state index in [0.717, 1.165) is 16.3 Å². The summed E-state index contributed by atoms with van der Waals surface area (Å²) in [5.41, 5.74) is 2.82. The highest BCUT2D eigenvalue weighted by Gasteiger charge is 2.29. The van der Waals surface area contributed by atoms with Crippen molar-refractivity contribution in [3.8, 4) is 0 Å². The van der Waals surface area contributed by atoms with Gasteiger partial charge < -0.3 is 15.0 Å². The van der Waals surface area contributed by atoms with E-state index in [9.17, 15) is 9.18 Å². The molecule has 128 valence electrons. The summed E-state index contributed by atoms with van der Waals surface area (Å²) >= 11 is 1.29. The molecule has 0 aliphatic carbocycles. The Hall–Kier alpha value is -1.99. The second-order valence-electron chi connectivity index (χ2n) is 5.84. The van der Waals surface area contributed by atoms with Gasteiger partial charge in [0.1, 0.15) is 16.9 Å². The van der Waals surface area contributed by atoms with Gasteiger partial charge in [-0.25, -0.2) is 4.39 Å². The first-order valence-electron chi connectivity index (χ1n) is 7.82. The second kappa shape index (κ2) is 6.86. The van der Waals surface area contributed by atoms with E-state index in [0.29, 0.717) is 30.8 Å². The molecule has 0 unspecified atom stereocenters. The van der Waals surface area contributed by atoms with E-state index in [1.54, 1.807) is 31.0 Å². The van der Waals surface area contributed by atoms with E-state index >= 15 is 0 Å². The minimum absolute atomic E-state index is 0.0438. The number of anilines is 1. The van der Waals surface area contributed by atoms with E-state index in [-0.39, 0.29) is 17.8 Å². The summed E-state index contributed by atoms with van der Waals surface area (Å²) in [6, 6.07) is 4.95. The third-order valence-corrected chi connectivity index (χ3v) is 5.17. The molecule has 7 heteroatoms. The summed E-state index contributed by atoms with van der Waals surface area (Å²) in [5.74, 6) is -0.279. The predicted molar refractivity (Wildman–Crippen MR) is 92.1 cm³/mol. The van der Waals surface area contributed by atoms with Crippen LogP contribution in [0, 0.1) is 19.7 Å². The molecule has 1 fully saturated rings. The van der Waals surface area contributed by atoms with Gasteiger partial charge in [-0.15, -0.1) is 0 Å². The third kappa shape index (κ3) is 3.14. The number of rotatable bonds is 3. The number of hydrogen-bond donors (Lipinski definition) is 1. The molecular weight excluding hydrogens is 329 g/mol. The zero-order valence-corrected chi connectivity index (χ0v) is 14.7. The number of nitrogens with one attached hydrogen (secondary N) is 1. The van der Waals surface area contributed by atoms with Crippen LogP contribution in [0.5, 0.6) is 0 Å². The Balaban J connectivity index is 1.81. The highest BCUT2D eigenvalue weighted by atomic mass is 32.1. The van der Waals surface area contributed by atoms with Crippen molar-refractivity contribution in [2.45, 2.75) is 20.0 Å². The van der Waals surface area contributed by atoms with Gasteiger partial charge in [-0.3, -0.25) is 4.79 Å². The molecule has 1 atom stereocenters. The molecule has 0 radical (unpaired) electrons. The Labute approximate surface area is 144 Å². The van der Waals surface area contributed by atoms with E-state index in [1.807, 2.05) is 6.92 Å². The largest absolute Gasteiger partial charge is 0.378 e. The lowest BCUT2D eigenvalue weighted by molar-refractivity contribution is -0.0228. The van der Waals surface area contributed by atoms with Crippen molar-refractivity contribution in [2.24, 2.45) is 0 Å². The molecule has 1 amide bonds. The van der Waals surface area contributed by atoms with Crippen LogP contribution in [-0.4, -0.2) is 41.9 Å². The van der Waals surface area contributed by atoms with Gasteiger partial charge in [0.2, 0.25) is 0 Å². The SMILES string of the molecule is CNc1snc(C)c1C(=O)N1CCO[C@@H](c2ccc(F)c(C)c2)C1. The van der Waals surface area contributed by atoms with Crippen LogP contribution in [0.25, 0.3) is 0 Å². The Morgan fingerprint density at radius 1 is 1.46 bits per heavy atom. The predicted octanol–water partition coefficient (Wildman–Crippen LogP) is 3.15. The van der Waals surface area contributed by atoms with Gasteiger partial charge in [-0.1, -0.05) is 12.1 Å². The van der Waals surface area contributed by atoms with Crippen molar-refractivity contribution >= 4 is 22.4 Å². The van der Waals surface area contributed by atoms with Crippen molar-refractivity contribution < 1.29 is 13.9 Å². The van der Waals surface area contributed by atoms with Gasteiger partial charge in [0.05, 0.1) is 24.4 Å². The van der Waals surface area contributed by atoms with Gasteiger partial charge in [0.25, 0.3) is 5.91 Å². The lowest BCUT2D eigenvalue weighted by Gasteiger charge is -2.33. The third-order valence-electron chi connectivity index (χ3n) is 4.21. The van der Waals surface area contributed by atoms with Crippen molar-refractivity contribution in [1.29, 1.82) is 0 Å². The van der Waals surface area contributed by atoms with Crippen molar-refractivity contribution in [2.75, 3.05) is 32.1 Å². The molecule has 0 saturated carbocycles. The standard InChI is InChI=1S/C17H20FN3O2S/c1-10-8-12(4-5-13(10)18)14-9-21(6-7-23-14)17(22)15-11(2)20-24-16(15)19-3/h4-5,8,14,19H,6-7,9H2,1-3H3/t14-/m1/s1. The number of morpholine rings is 1. The van der Waals surface area contributed by atoms with Crippen LogP contribution < -0.4 is 5.32 Å². The highest BCUT2D eigenvalue weighted by Crippen LogP contribution is 2.29. The number of aromatic nitrogens is 1. The maximum atomic E-state index is 13.5. The minimum atomic E-state index is -0.244. The fraction of sp³-hybridized carbons (Fsp3) is 0.412. The number of hydrogen-bond acceptors (Lipinski definition) is 5. The van der Waals surface area contributed by atoms with Gasteiger partial charge in [0, 0.05) is 13.6 Å². The lowest BCUT2D eigenvalue weighted by Crippen LogP contribution is -2.42. The minimum Gasteiger partial charge on any atom is -0.378 e. The van der Waals surface area contributed by atoms with Crippen LogP contribution >= 0.6 is 11.5 Å². The Kier molecular flexibility index (Phi) is 4.82.